The van der Waals surface area contributed by atoms with Crippen molar-refractivity contribution in [3.05, 3.63) is 58.6 Å². The number of hydrogen-bond acceptors (Lipinski definition) is 4. The van der Waals surface area contributed by atoms with E-state index in [0.29, 0.717) is 28.5 Å². The van der Waals surface area contributed by atoms with E-state index in [1.807, 2.05) is 11.8 Å². The average Bonchev–Trinajstić information content (AvgIpc) is 2.74. The maximum atomic E-state index is 12.3. The predicted molar refractivity (Wildman–Crippen MR) is 119 cm³/mol. The summed E-state index contributed by atoms with van der Waals surface area (Å²) in [5.74, 6) is -4.11. The number of carbonyl (C=O) groups excluding carboxylic acids is 1. The number of nitrogens with one attached hydrogen (secondary N) is 1. The van der Waals surface area contributed by atoms with Gasteiger partial charge in [0.25, 0.3) is 5.91 Å². The molecular weight excluding hydrogens is 465 g/mol. The first-order valence-corrected chi connectivity index (χ1v) is 10.3. The molecule has 0 spiro atoms. The van der Waals surface area contributed by atoms with Crippen LogP contribution in [0.25, 0.3) is 0 Å². The first kappa shape index (κ1) is 27.8. The molecule has 0 saturated heterocycles. The number of carboxylic acid groups (broad SMARTS) is 2. The van der Waals surface area contributed by atoms with Crippen molar-refractivity contribution in [3.8, 4) is 0 Å². The Morgan fingerprint density at radius 3 is 2.18 bits per heavy atom. The van der Waals surface area contributed by atoms with Crippen molar-refractivity contribution in [1.82, 2.24) is 0 Å². The van der Waals surface area contributed by atoms with Gasteiger partial charge in [0.1, 0.15) is 0 Å². The zero-order valence-electron chi connectivity index (χ0n) is 17.9. The number of aromatic carboxylic acids is 1. The minimum absolute atomic E-state index is 0.173. The summed E-state index contributed by atoms with van der Waals surface area (Å²) in [7, 11) is 0. The molecule has 2 rings (SSSR count). The average molecular weight is 489 g/mol. The Labute approximate surface area is 193 Å². The highest BCUT2D eigenvalue weighted by atomic mass is 35.5. The van der Waals surface area contributed by atoms with Gasteiger partial charge in [0.2, 0.25) is 0 Å². The third kappa shape index (κ3) is 9.01. The fourth-order valence-electron chi connectivity index (χ4n) is 2.69. The predicted octanol–water partition coefficient (Wildman–Crippen LogP) is 5.55. The molecule has 0 heterocycles. The highest BCUT2D eigenvalue weighted by molar-refractivity contribution is 6.31. The van der Waals surface area contributed by atoms with Crippen LogP contribution in [0.3, 0.4) is 0 Å². The second-order valence-electron chi connectivity index (χ2n) is 6.74. The van der Waals surface area contributed by atoms with E-state index in [4.69, 9.17) is 21.5 Å². The van der Waals surface area contributed by atoms with Gasteiger partial charge in [-0.15, -0.1) is 0 Å². The zero-order valence-corrected chi connectivity index (χ0v) is 18.7. The van der Waals surface area contributed by atoms with Crippen LogP contribution in [-0.4, -0.2) is 47.3 Å². The number of alkyl halides is 3. The van der Waals surface area contributed by atoms with Gasteiger partial charge in [0.15, 0.2) is 0 Å². The lowest BCUT2D eigenvalue weighted by molar-refractivity contribution is -0.192. The molecule has 0 radical (unpaired) electrons. The number of unbranched alkanes of at least 4 members (excludes halogenated alkanes) is 1. The molecule has 7 nitrogen and oxygen atoms in total. The van der Waals surface area contributed by atoms with Crippen LogP contribution in [0.2, 0.25) is 5.02 Å². The van der Waals surface area contributed by atoms with Crippen LogP contribution in [0.4, 0.5) is 24.5 Å². The number of carbonyl (C=O) groups is 3. The van der Waals surface area contributed by atoms with E-state index in [9.17, 15) is 27.9 Å². The third-order valence-corrected chi connectivity index (χ3v) is 4.55. The van der Waals surface area contributed by atoms with Gasteiger partial charge < -0.3 is 20.4 Å². The second-order valence-corrected chi connectivity index (χ2v) is 7.17. The molecule has 0 atom stereocenters. The van der Waals surface area contributed by atoms with Crippen molar-refractivity contribution in [2.45, 2.75) is 32.9 Å². The van der Waals surface area contributed by atoms with Crippen LogP contribution in [0, 0.1) is 0 Å². The lowest BCUT2D eigenvalue weighted by Gasteiger charge is -2.25. The molecule has 0 aliphatic rings. The van der Waals surface area contributed by atoms with Crippen LogP contribution in [0.5, 0.6) is 0 Å². The molecule has 0 aliphatic heterocycles. The summed E-state index contributed by atoms with van der Waals surface area (Å²) in [5, 5.41) is 19.9. The van der Waals surface area contributed by atoms with Crippen molar-refractivity contribution in [3.63, 3.8) is 0 Å². The van der Waals surface area contributed by atoms with E-state index in [2.05, 4.69) is 12.2 Å². The van der Waals surface area contributed by atoms with Crippen molar-refractivity contribution in [1.29, 1.82) is 0 Å². The number of rotatable bonds is 8. The molecular formula is C22H24ClF3N2O5. The van der Waals surface area contributed by atoms with E-state index >= 15 is 0 Å². The molecule has 0 unspecified atom stereocenters. The third-order valence-electron chi connectivity index (χ3n) is 4.32. The summed E-state index contributed by atoms with van der Waals surface area (Å²) in [6.45, 7) is 5.60. The van der Waals surface area contributed by atoms with E-state index < -0.39 is 18.1 Å². The standard InChI is InChI=1S/C20H23ClN2O3.C2HF3O2/c1-3-5-11-23(4-2)18-10-9-16(13-17(18)20(25)26)22-19(24)14-7-6-8-15(21)12-14;3-2(4,5)1(6)7/h6-10,12-13H,3-5,11H2,1-2H3,(H,22,24)(H,25,26);(H,6,7). The first-order chi connectivity index (χ1) is 15.4. The highest BCUT2D eigenvalue weighted by Gasteiger charge is 2.38. The second kappa shape index (κ2) is 12.7. The molecule has 0 bridgehead atoms. The Balaban J connectivity index is 0.000000675. The number of nitrogens with zero attached hydrogens (tertiary/aromatic N) is 1. The largest absolute Gasteiger partial charge is 0.490 e. The smallest absolute Gasteiger partial charge is 0.478 e. The molecule has 2 aromatic carbocycles. The van der Waals surface area contributed by atoms with Gasteiger partial charge in [0.05, 0.1) is 11.3 Å². The Hall–Kier alpha value is -3.27. The van der Waals surface area contributed by atoms with Crippen molar-refractivity contribution >= 4 is 40.8 Å². The summed E-state index contributed by atoms with van der Waals surface area (Å²) in [5.41, 5.74) is 1.68. The van der Waals surface area contributed by atoms with Crippen LogP contribution >= 0.6 is 11.6 Å². The normalized spacial score (nSPS) is 10.6. The van der Waals surface area contributed by atoms with E-state index in [1.165, 1.54) is 6.07 Å². The topological polar surface area (TPSA) is 107 Å². The monoisotopic (exact) mass is 488 g/mol. The summed E-state index contributed by atoms with van der Waals surface area (Å²) in [6.07, 6.45) is -3.06. The van der Waals surface area contributed by atoms with Gasteiger partial charge >= 0.3 is 18.1 Å². The fraction of sp³-hybridized carbons (Fsp3) is 0.318. The Kier molecular flexibility index (Phi) is 10.7. The minimum atomic E-state index is -5.08. The molecule has 2 aromatic rings. The number of halogens is 4. The molecule has 0 saturated carbocycles. The van der Waals surface area contributed by atoms with Crippen LogP contribution < -0.4 is 10.2 Å². The molecule has 0 aliphatic carbocycles. The summed E-state index contributed by atoms with van der Waals surface area (Å²) >= 11 is 5.91. The van der Waals surface area contributed by atoms with Gasteiger partial charge in [-0.1, -0.05) is 31.0 Å². The lowest BCUT2D eigenvalue weighted by atomic mass is 10.1. The molecule has 1 amide bonds. The maximum absolute atomic E-state index is 12.3. The zero-order chi connectivity index (χ0) is 25.2. The SMILES string of the molecule is CCCCN(CC)c1ccc(NC(=O)c2cccc(Cl)c2)cc1C(=O)O.O=C(O)C(F)(F)F. The van der Waals surface area contributed by atoms with E-state index in [0.717, 1.165) is 19.4 Å². The number of anilines is 2. The van der Waals surface area contributed by atoms with Gasteiger partial charge in [-0.05, 0) is 49.7 Å². The van der Waals surface area contributed by atoms with Crippen LogP contribution in [0.15, 0.2) is 42.5 Å². The lowest BCUT2D eigenvalue weighted by Crippen LogP contribution is -2.26. The van der Waals surface area contributed by atoms with E-state index in [1.54, 1.807) is 36.4 Å². The molecule has 33 heavy (non-hydrogen) atoms. The van der Waals surface area contributed by atoms with Crippen LogP contribution in [-0.2, 0) is 4.79 Å². The van der Waals surface area contributed by atoms with Crippen molar-refractivity contribution in [2.75, 3.05) is 23.3 Å². The highest BCUT2D eigenvalue weighted by Crippen LogP contribution is 2.25. The summed E-state index contributed by atoms with van der Waals surface area (Å²) in [6, 6.07) is 11.6. The molecule has 180 valence electrons. The molecule has 0 aromatic heterocycles. The molecule has 11 heteroatoms. The number of carboxylic acids is 2. The maximum Gasteiger partial charge on any atom is 0.490 e. The summed E-state index contributed by atoms with van der Waals surface area (Å²) in [4.78, 5) is 35.0. The number of benzene rings is 2. The van der Waals surface area contributed by atoms with Gasteiger partial charge in [-0.3, -0.25) is 4.79 Å². The van der Waals surface area contributed by atoms with Gasteiger partial charge in [-0.25, -0.2) is 9.59 Å². The quantitative estimate of drug-likeness (QED) is 0.449. The van der Waals surface area contributed by atoms with Crippen LogP contribution in [0.1, 0.15) is 47.4 Å². The Bertz CT molecular complexity index is 983. The minimum Gasteiger partial charge on any atom is -0.478 e. The Morgan fingerprint density at radius 2 is 1.70 bits per heavy atom. The van der Waals surface area contributed by atoms with Crippen molar-refractivity contribution in [2.24, 2.45) is 0 Å². The molecule has 0 fully saturated rings. The molecule has 3 N–H and O–H groups in total. The number of amides is 1. The number of hydrogen-bond donors (Lipinski definition) is 3. The summed E-state index contributed by atoms with van der Waals surface area (Å²) < 4.78 is 31.7. The van der Waals surface area contributed by atoms with Gasteiger partial charge in [-0.2, -0.15) is 13.2 Å². The van der Waals surface area contributed by atoms with Crippen molar-refractivity contribution < 1.29 is 37.8 Å². The first-order valence-electron chi connectivity index (χ1n) is 9.90. The number of aliphatic carboxylic acids is 1. The Morgan fingerprint density at radius 1 is 1.06 bits per heavy atom. The van der Waals surface area contributed by atoms with E-state index in [-0.39, 0.29) is 11.5 Å². The fourth-order valence-corrected chi connectivity index (χ4v) is 2.88. The van der Waals surface area contributed by atoms with Gasteiger partial charge in [0, 0.05) is 29.4 Å².